The molecule has 1 aromatic carbocycles. The molecular weight excluding hydrogens is 248 g/mol. The van der Waals surface area contributed by atoms with Gasteiger partial charge < -0.3 is 10.1 Å². The van der Waals surface area contributed by atoms with E-state index in [9.17, 15) is 0 Å². The van der Waals surface area contributed by atoms with Crippen LogP contribution in [-0.4, -0.2) is 37.2 Å². The Balaban J connectivity index is 1.75. The first kappa shape index (κ1) is 13.9. The number of ether oxygens (including phenoxy) is 1. The molecule has 1 aromatic rings. The fraction of sp³-hybridized carbons (Fsp3) is 0.647. The number of fused-ring (bicyclic) bond motifs is 1. The van der Waals surface area contributed by atoms with Crippen LogP contribution in [0, 0.1) is 0 Å². The van der Waals surface area contributed by atoms with Gasteiger partial charge in [-0.25, -0.2) is 0 Å². The quantitative estimate of drug-likeness (QED) is 0.917. The molecule has 3 nitrogen and oxygen atoms in total. The number of benzene rings is 1. The molecule has 1 N–H and O–H groups in total. The van der Waals surface area contributed by atoms with Gasteiger partial charge in [-0.05, 0) is 37.5 Å². The van der Waals surface area contributed by atoms with Crippen LogP contribution in [0.2, 0.25) is 0 Å². The molecule has 0 amide bonds. The number of hydrogen-bond acceptors (Lipinski definition) is 3. The fourth-order valence-corrected chi connectivity index (χ4v) is 3.85. The van der Waals surface area contributed by atoms with E-state index in [1.54, 1.807) is 7.11 Å². The third kappa shape index (κ3) is 2.70. The highest BCUT2D eigenvalue weighted by Gasteiger charge is 2.35. The summed E-state index contributed by atoms with van der Waals surface area (Å²) in [4.78, 5) is 2.71. The lowest BCUT2D eigenvalue weighted by Gasteiger charge is -2.47. The average molecular weight is 274 g/mol. The maximum absolute atomic E-state index is 5.26. The van der Waals surface area contributed by atoms with Crippen molar-refractivity contribution in [2.24, 2.45) is 0 Å². The minimum absolute atomic E-state index is 0.494. The van der Waals surface area contributed by atoms with Crippen LogP contribution in [0.1, 0.15) is 44.2 Å². The van der Waals surface area contributed by atoms with Crippen molar-refractivity contribution in [1.29, 1.82) is 0 Å². The van der Waals surface area contributed by atoms with Gasteiger partial charge in [0.15, 0.2) is 0 Å². The second-order valence-electron chi connectivity index (χ2n) is 6.10. The van der Waals surface area contributed by atoms with Crippen molar-refractivity contribution in [1.82, 2.24) is 10.2 Å². The molecule has 1 saturated carbocycles. The van der Waals surface area contributed by atoms with Crippen LogP contribution in [0.15, 0.2) is 24.3 Å². The minimum Gasteiger partial charge on any atom is -0.497 e. The van der Waals surface area contributed by atoms with Crippen LogP contribution in [-0.2, 0) is 0 Å². The van der Waals surface area contributed by atoms with Crippen molar-refractivity contribution in [3.8, 4) is 5.75 Å². The summed E-state index contributed by atoms with van der Waals surface area (Å²) < 4.78 is 5.26. The Morgan fingerprint density at radius 1 is 1.20 bits per heavy atom. The molecule has 110 valence electrons. The second-order valence-corrected chi connectivity index (χ2v) is 6.10. The fourth-order valence-electron chi connectivity index (χ4n) is 3.85. The van der Waals surface area contributed by atoms with Gasteiger partial charge in [0.2, 0.25) is 0 Å². The summed E-state index contributed by atoms with van der Waals surface area (Å²) in [7, 11) is 1.72. The highest BCUT2D eigenvalue weighted by molar-refractivity contribution is 5.29. The Kier molecular flexibility index (Phi) is 4.27. The zero-order valence-corrected chi connectivity index (χ0v) is 12.6. The van der Waals surface area contributed by atoms with Crippen molar-refractivity contribution in [3.63, 3.8) is 0 Å². The van der Waals surface area contributed by atoms with Crippen LogP contribution in [0.3, 0.4) is 0 Å². The molecule has 2 aliphatic rings. The lowest BCUT2D eigenvalue weighted by molar-refractivity contribution is 0.0550. The average Bonchev–Trinajstić information content (AvgIpc) is 2.54. The Bertz CT molecular complexity index is 429. The molecule has 0 radical (unpaired) electrons. The topological polar surface area (TPSA) is 24.5 Å². The molecule has 2 fully saturated rings. The third-order valence-electron chi connectivity index (χ3n) is 5.03. The predicted octanol–water partition coefficient (Wildman–Crippen LogP) is 2.97. The normalized spacial score (nSPS) is 28.7. The van der Waals surface area contributed by atoms with E-state index in [-0.39, 0.29) is 0 Å². The highest BCUT2D eigenvalue weighted by atomic mass is 16.5. The summed E-state index contributed by atoms with van der Waals surface area (Å²) in [5.41, 5.74) is 1.40. The van der Waals surface area contributed by atoms with E-state index >= 15 is 0 Å². The summed E-state index contributed by atoms with van der Waals surface area (Å²) >= 11 is 0. The molecule has 1 heterocycles. The van der Waals surface area contributed by atoms with Crippen molar-refractivity contribution >= 4 is 0 Å². The van der Waals surface area contributed by atoms with Crippen molar-refractivity contribution in [3.05, 3.63) is 29.8 Å². The SMILES string of the molecule is COc1ccc([C@@H](C)N2CCN[C@@H]3CCCC[C@@H]32)cc1. The highest BCUT2D eigenvalue weighted by Crippen LogP contribution is 2.32. The number of methoxy groups -OCH3 is 1. The molecule has 3 heteroatoms. The Morgan fingerprint density at radius 2 is 1.95 bits per heavy atom. The lowest BCUT2D eigenvalue weighted by atomic mass is 9.86. The number of rotatable bonds is 3. The molecule has 20 heavy (non-hydrogen) atoms. The van der Waals surface area contributed by atoms with Gasteiger partial charge in [-0.2, -0.15) is 0 Å². The Labute approximate surface area is 122 Å². The monoisotopic (exact) mass is 274 g/mol. The second kappa shape index (κ2) is 6.15. The molecule has 1 saturated heterocycles. The molecule has 0 spiro atoms. The Morgan fingerprint density at radius 3 is 2.70 bits per heavy atom. The summed E-state index contributed by atoms with van der Waals surface area (Å²) in [6.45, 7) is 4.63. The number of piperazine rings is 1. The lowest BCUT2D eigenvalue weighted by Crippen LogP contribution is -2.59. The van der Waals surface area contributed by atoms with Gasteiger partial charge in [0.05, 0.1) is 7.11 Å². The zero-order valence-electron chi connectivity index (χ0n) is 12.6. The number of nitrogens with zero attached hydrogens (tertiary/aromatic N) is 1. The smallest absolute Gasteiger partial charge is 0.118 e. The van der Waals surface area contributed by atoms with Crippen molar-refractivity contribution in [2.75, 3.05) is 20.2 Å². The maximum Gasteiger partial charge on any atom is 0.118 e. The van der Waals surface area contributed by atoms with Crippen LogP contribution >= 0.6 is 0 Å². The molecule has 3 atom stereocenters. The van der Waals surface area contributed by atoms with Gasteiger partial charge in [-0.15, -0.1) is 0 Å². The van der Waals surface area contributed by atoms with E-state index in [1.165, 1.54) is 31.2 Å². The first-order valence-corrected chi connectivity index (χ1v) is 7.92. The summed E-state index contributed by atoms with van der Waals surface area (Å²) in [5, 5.41) is 3.71. The van der Waals surface area contributed by atoms with E-state index in [0.717, 1.165) is 24.9 Å². The van der Waals surface area contributed by atoms with E-state index in [2.05, 4.69) is 41.4 Å². The van der Waals surface area contributed by atoms with E-state index < -0.39 is 0 Å². The first-order valence-electron chi connectivity index (χ1n) is 7.92. The van der Waals surface area contributed by atoms with Gasteiger partial charge in [0.1, 0.15) is 5.75 Å². The standard InChI is InChI=1S/C17H26N2O/c1-13(14-7-9-15(20-2)10-8-14)19-12-11-18-16-5-3-4-6-17(16)19/h7-10,13,16-18H,3-6,11-12H2,1-2H3/t13-,16-,17+/m1/s1. The Hall–Kier alpha value is -1.06. The summed E-state index contributed by atoms with van der Waals surface area (Å²) in [6, 6.07) is 10.5. The van der Waals surface area contributed by atoms with Gasteiger partial charge in [-0.1, -0.05) is 25.0 Å². The van der Waals surface area contributed by atoms with E-state index in [4.69, 9.17) is 4.74 Å². The molecule has 1 aliphatic carbocycles. The van der Waals surface area contributed by atoms with Gasteiger partial charge >= 0.3 is 0 Å². The molecule has 3 rings (SSSR count). The molecule has 0 aromatic heterocycles. The third-order valence-corrected chi connectivity index (χ3v) is 5.03. The summed E-state index contributed by atoms with van der Waals surface area (Å²) in [5.74, 6) is 0.941. The molecule has 0 bridgehead atoms. The van der Waals surface area contributed by atoms with Gasteiger partial charge in [0, 0.05) is 31.2 Å². The molecular formula is C17H26N2O. The predicted molar refractivity (Wildman–Crippen MR) is 82.2 cm³/mol. The summed E-state index contributed by atoms with van der Waals surface area (Å²) in [6.07, 6.45) is 5.46. The molecule has 0 unspecified atom stereocenters. The number of hydrogen-bond donors (Lipinski definition) is 1. The zero-order chi connectivity index (χ0) is 13.9. The minimum atomic E-state index is 0.494. The number of nitrogens with one attached hydrogen (secondary N) is 1. The largest absolute Gasteiger partial charge is 0.497 e. The van der Waals surface area contributed by atoms with E-state index in [0.29, 0.717) is 12.1 Å². The van der Waals surface area contributed by atoms with Crippen LogP contribution in [0.4, 0.5) is 0 Å². The first-order chi connectivity index (χ1) is 9.79. The van der Waals surface area contributed by atoms with Crippen LogP contribution in [0.5, 0.6) is 5.75 Å². The maximum atomic E-state index is 5.26. The van der Waals surface area contributed by atoms with Gasteiger partial charge in [-0.3, -0.25) is 4.90 Å². The van der Waals surface area contributed by atoms with Crippen molar-refractivity contribution < 1.29 is 4.74 Å². The van der Waals surface area contributed by atoms with Crippen molar-refractivity contribution in [2.45, 2.75) is 50.7 Å². The van der Waals surface area contributed by atoms with Crippen LogP contribution in [0.25, 0.3) is 0 Å². The molecule has 1 aliphatic heterocycles. The van der Waals surface area contributed by atoms with Crippen LogP contribution < -0.4 is 10.1 Å². The van der Waals surface area contributed by atoms with Gasteiger partial charge in [0.25, 0.3) is 0 Å². The van der Waals surface area contributed by atoms with E-state index in [1.807, 2.05) is 0 Å².